The van der Waals surface area contributed by atoms with Crippen LogP contribution < -0.4 is 10.6 Å². The monoisotopic (exact) mass is 470 g/mol. The fraction of sp³-hybridized carbons (Fsp3) is 0.148. The number of hydrogen-bond acceptors (Lipinski definition) is 7. The predicted octanol–water partition coefficient (Wildman–Crippen LogP) is 5.78. The Bertz CT molecular complexity index is 1140. The molecule has 4 aromatic rings. The Morgan fingerprint density at radius 3 is 1.85 bits per heavy atom. The first-order valence-corrected chi connectivity index (χ1v) is 11.9. The van der Waals surface area contributed by atoms with Gasteiger partial charge in [-0.3, -0.25) is 0 Å². The van der Waals surface area contributed by atoms with Crippen molar-refractivity contribution in [2.24, 2.45) is 0 Å². The molecule has 0 aliphatic heterocycles. The van der Waals surface area contributed by atoms with Crippen LogP contribution in [0, 0.1) is 0 Å². The Morgan fingerprint density at radius 1 is 0.765 bits per heavy atom. The van der Waals surface area contributed by atoms with Crippen molar-refractivity contribution in [3.8, 4) is 0 Å². The SMILES string of the molecule is COC(=O)c1c(NCc2ccccc2)nc(NCc2ccccc2)nc1SCc1ccccc1. The number of nitrogens with zero attached hydrogens (tertiary/aromatic N) is 2. The van der Waals surface area contributed by atoms with E-state index in [-0.39, 0.29) is 0 Å². The smallest absolute Gasteiger partial charge is 0.344 e. The van der Waals surface area contributed by atoms with Gasteiger partial charge in [0.05, 0.1) is 7.11 Å². The molecule has 0 aliphatic carbocycles. The molecule has 0 saturated heterocycles. The van der Waals surface area contributed by atoms with E-state index in [4.69, 9.17) is 4.74 Å². The summed E-state index contributed by atoms with van der Waals surface area (Å²) in [6.45, 7) is 1.09. The molecule has 0 radical (unpaired) electrons. The van der Waals surface area contributed by atoms with Crippen molar-refractivity contribution >= 4 is 29.5 Å². The average molecular weight is 471 g/mol. The van der Waals surface area contributed by atoms with Crippen LogP contribution in [0.25, 0.3) is 0 Å². The lowest BCUT2D eigenvalue weighted by atomic mass is 10.2. The number of benzene rings is 3. The van der Waals surface area contributed by atoms with Gasteiger partial charge in [-0.15, -0.1) is 11.8 Å². The number of carbonyl (C=O) groups excluding carboxylic acids is 1. The van der Waals surface area contributed by atoms with E-state index < -0.39 is 5.97 Å². The van der Waals surface area contributed by atoms with Crippen LogP contribution in [0.2, 0.25) is 0 Å². The number of rotatable bonds is 10. The molecule has 1 aromatic heterocycles. The third kappa shape index (κ3) is 6.36. The van der Waals surface area contributed by atoms with Crippen molar-refractivity contribution in [2.45, 2.75) is 23.9 Å². The maximum absolute atomic E-state index is 12.8. The first-order valence-electron chi connectivity index (χ1n) is 11.0. The van der Waals surface area contributed by atoms with Crippen molar-refractivity contribution in [3.63, 3.8) is 0 Å². The lowest BCUT2D eigenvalue weighted by Gasteiger charge is -2.16. The van der Waals surface area contributed by atoms with Gasteiger partial charge in [0.15, 0.2) is 0 Å². The van der Waals surface area contributed by atoms with Crippen molar-refractivity contribution < 1.29 is 9.53 Å². The minimum atomic E-state index is -0.472. The van der Waals surface area contributed by atoms with Crippen LogP contribution in [0.15, 0.2) is 96.0 Å². The van der Waals surface area contributed by atoms with Crippen LogP contribution in [0.4, 0.5) is 11.8 Å². The molecule has 2 N–H and O–H groups in total. The summed E-state index contributed by atoms with van der Waals surface area (Å²) in [4.78, 5) is 22.1. The molecule has 3 aromatic carbocycles. The third-order valence-electron chi connectivity index (χ3n) is 5.08. The Labute approximate surface area is 203 Å². The molecule has 0 amide bonds. The number of ether oxygens (including phenoxy) is 1. The second-order valence-corrected chi connectivity index (χ2v) is 8.48. The first kappa shape index (κ1) is 23.3. The molecule has 4 rings (SSSR count). The van der Waals surface area contributed by atoms with Crippen LogP contribution in [0.1, 0.15) is 27.0 Å². The summed E-state index contributed by atoms with van der Waals surface area (Å²) in [7, 11) is 1.37. The van der Waals surface area contributed by atoms with E-state index in [1.807, 2.05) is 78.9 Å². The highest BCUT2D eigenvalue weighted by Crippen LogP contribution is 2.31. The lowest BCUT2D eigenvalue weighted by Crippen LogP contribution is -2.15. The van der Waals surface area contributed by atoms with E-state index in [9.17, 15) is 4.79 Å². The number of carbonyl (C=O) groups is 1. The number of nitrogens with one attached hydrogen (secondary N) is 2. The first-order chi connectivity index (χ1) is 16.7. The van der Waals surface area contributed by atoms with Gasteiger partial charge >= 0.3 is 5.97 Å². The van der Waals surface area contributed by atoms with Crippen LogP contribution in [-0.4, -0.2) is 23.0 Å². The van der Waals surface area contributed by atoms with Gasteiger partial charge in [0.25, 0.3) is 0 Å². The summed E-state index contributed by atoms with van der Waals surface area (Å²) in [5.74, 6) is 1.08. The van der Waals surface area contributed by atoms with Gasteiger partial charge in [-0.25, -0.2) is 9.78 Å². The summed E-state index contributed by atoms with van der Waals surface area (Å²) in [5.41, 5.74) is 3.67. The Hall–Kier alpha value is -3.84. The number of methoxy groups -OCH3 is 1. The highest BCUT2D eigenvalue weighted by molar-refractivity contribution is 7.98. The molecule has 0 aliphatic rings. The molecule has 7 heteroatoms. The van der Waals surface area contributed by atoms with Gasteiger partial charge in [-0.2, -0.15) is 4.98 Å². The van der Waals surface area contributed by atoms with E-state index >= 15 is 0 Å². The van der Waals surface area contributed by atoms with Gasteiger partial charge in [0, 0.05) is 18.8 Å². The summed E-state index contributed by atoms with van der Waals surface area (Å²) in [6.07, 6.45) is 0. The normalized spacial score (nSPS) is 10.5. The molecule has 0 saturated carbocycles. The molecule has 1 heterocycles. The van der Waals surface area contributed by atoms with Crippen LogP contribution >= 0.6 is 11.8 Å². The molecule has 0 unspecified atom stereocenters. The van der Waals surface area contributed by atoms with Gasteiger partial charge in [0.2, 0.25) is 5.95 Å². The summed E-state index contributed by atoms with van der Waals surface area (Å²) >= 11 is 1.48. The maximum atomic E-state index is 12.8. The standard InChI is InChI=1S/C27H26N4O2S/c1-33-26(32)23-24(28-17-20-11-5-2-6-12-20)30-27(29-18-21-13-7-3-8-14-21)31-25(23)34-19-22-15-9-4-10-16-22/h2-16H,17-19H2,1H3,(H2,28,29,30,31). The summed E-state index contributed by atoms with van der Waals surface area (Å²) in [5, 5.41) is 7.18. The highest BCUT2D eigenvalue weighted by atomic mass is 32.2. The predicted molar refractivity (Wildman–Crippen MR) is 137 cm³/mol. The molecule has 6 nitrogen and oxygen atoms in total. The van der Waals surface area contributed by atoms with E-state index in [1.54, 1.807) is 0 Å². The second-order valence-electron chi connectivity index (χ2n) is 7.52. The Kier molecular flexibility index (Phi) is 8.13. The quantitative estimate of drug-likeness (QED) is 0.173. The van der Waals surface area contributed by atoms with Crippen LogP contribution in [0.5, 0.6) is 0 Å². The average Bonchev–Trinajstić information content (AvgIpc) is 2.90. The molecule has 0 atom stereocenters. The zero-order valence-corrected chi connectivity index (χ0v) is 19.7. The van der Waals surface area contributed by atoms with Crippen LogP contribution in [-0.2, 0) is 23.6 Å². The molecule has 0 fully saturated rings. The van der Waals surface area contributed by atoms with Crippen molar-refractivity contribution in [3.05, 3.63) is 113 Å². The zero-order chi connectivity index (χ0) is 23.6. The molecule has 34 heavy (non-hydrogen) atoms. The molecule has 0 bridgehead atoms. The number of esters is 1. The van der Waals surface area contributed by atoms with Crippen LogP contribution in [0.3, 0.4) is 0 Å². The van der Waals surface area contributed by atoms with E-state index in [1.165, 1.54) is 18.9 Å². The Balaban J connectivity index is 1.65. The maximum Gasteiger partial charge on any atom is 0.344 e. The topological polar surface area (TPSA) is 76.1 Å². The number of hydrogen-bond donors (Lipinski definition) is 2. The number of aromatic nitrogens is 2. The minimum absolute atomic E-state index is 0.338. The highest BCUT2D eigenvalue weighted by Gasteiger charge is 2.22. The fourth-order valence-corrected chi connectivity index (χ4v) is 4.29. The summed E-state index contributed by atoms with van der Waals surface area (Å²) in [6, 6.07) is 30.1. The van der Waals surface area contributed by atoms with Gasteiger partial charge in [-0.1, -0.05) is 91.0 Å². The minimum Gasteiger partial charge on any atom is -0.465 e. The Morgan fingerprint density at radius 2 is 1.29 bits per heavy atom. The van der Waals surface area contributed by atoms with Crippen molar-refractivity contribution in [2.75, 3.05) is 17.7 Å². The number of anilines is 2. The van der Waals surface area contributed by atoms with E-state index in [2.05, 4.69) is 32.7 Å². The van der Waals surface area contributed by atoms with E-state index in [0.717, 1.165) is 16.7 Å². The molecule has 172 valence electrons. The molecule has 0 spiro atoms. The van der Waals surface area contributed by atoms with Gasteiger partial charge < -0.3 is 15.4 Å². The zero-order valence-electron chi connectivity index (χ0n) is 18.9. The van der Waals surface area contributed by atoms with Crippen molar-refractivity contribution in [1.82, 2.24) is 9.97 Å². The number of thioether (sulfide) groups is 1. The second kappa shape index (κ2) is 11.9. The fourth-order valence-electron chi connectivity index (χ4n) is 3.32. The lowest BCUT2D eigenvalue weighted by molar-refractivity contribution is 0.0596. The van der Waals surface area contributed by atoms with Gasteiger partial charge in [-0.05, 0) is 16.7 Å². The summed E-state index contributed by atoms with van der Waals surface area (Å²) < 4.78 is 5.10. The largest absolute Gasteiger partial charge is 0.465 e. The molecular formula is C27H26N4O2S. The van der Waals surface area contributed by atoms with Gasteiger partial charge in [0.1, 0.15) is 16.4 Å². The third-order valence-corrected chi connectivity index (χ3v) is 6.13. The van der Waals surface area contributed by atoms with E-state index in [0.29, 0.717) is 41.2 Å². The molecular weight excluding hydrogens is 444 g/mol. The van der Waals surface area contributed by atoms with Crippen molar-refractivity contribution in [1.29, 1.82) is 0 Å².